The molecule has 0 radical (unpaired) electrons. The lowest BCUT2D eigenvalue weighted by Crippen LogP contribution is -2.23. The number of carbonyl (C=O) groups excluding carboxylic acids is 1. The van der Waals surface area contributed by atoms with E-state index in [-0.39, 0.29) is 12.5 Å². The molecule has 0 saturated carbocycles. The lowest BCUT2D eigenvalue weighted by atomic mass is 10.0. The quantitative estimate of drug-likeness (QED) is 0.527. The summed E-state index contributed by atoms with van der Waals surface area (Å²) in [5.41, 5.74) is 2.41. The average molecular weight is 391 g/mol. The third-order valence-electron chi connectivity index (χ3n) is 4.16. The highest BCUT2D eigenvalue weighted by atomic mass is 32.1. The average Bonchev–Trinajstić information content (AvgIpc) is 3.44. The highest BCUT2D eigenvalue weighted by Crippen LogP contribution is 2.27. The molecule has 7 heteroatoms. The molecule has 4 rings (SSSR count). The fraction of sp³-hybridized carbons (Fsp3) is 0.0952. The predicted octanol–water partition coefficient (Wildman–Crippen LogP) is 4.40. The molecule has 28 heavy (non-hydrogen) atoms. The summed E-state index contributed by atoms with van der Waals surface area (Å²) in [5.74, 6) is 1.09. The minimum Gasteiger partial charge on any atom is -0.496 e. The van der Waals surface area contributed by atoms with Crippen LogP contribution in [-0.2, 0) is 6.54 Å². The molecule has 0 aliphatic carbocycles. The maximum atomic E-state index is 12.7. The number of amides is 1. The number of hydrogen-bond acceptors (Lipinski definition) is 6. The highest BCUT2D eigenvalue weighted by molar-refractivity contribution is 7.13. The summed E-state index contributed by atoms with van der Waals surface area (Å²) < 4.78 is 10.6. The van der Waals surface area contributed by atoms with Crippen LogP contribution in [0.4, 0.5) is 0 Å². The fourth-order valence-electron chi connectivity index (χ4n) is 2.78. The monoisotopic (exact) mass is 391 g/mol. The molecule has 1 amide bonds. The first-order valence-electron chi connectivity index (χ1n) is 8.63. The van der Waals surface area contributed by atoms with Crippen molar-refractivity contribution in [3.05, 3.63) is 77.5 Å². The van der Waals surface area contributed by atoms with Gasteiger partial charge in [-0.15, -0.1) is 11.3 Å². The second-order valence-electron chi connectivity index (χ2n) is 5.95. The minimum atomic E-state index is -0.273. The highest BCUT2D eigenvalue weighted by Gasteiger charge is 2.16. The number of hydrogen-bond donors (Lipinski definition) is 1. The molecule has 6 nitrogen and oxygen atoms in total. The Morgan fingerprint density at radius 3 is 2.71 bits per heavy atom. The summed E-state index contributed by atoms with van der Waals surface area (Å²) in [6, 6.07) is 19.2. The zero-order valence-corrected chi connectivity index (χ0v) is 15.9. The first-order valence-corrected chi connectivity index (χ1v) is 9.50. The van der Waals surface area contributed by atoms with Crippen LogP contribution >= 0.6 is 11.3 Å². The van der Waals surface area contributed by atoms with E-state index < -0.39 is 0 Å². The Morgan fingerprint density at radius 1 is 1.11 bits per heavy atom. The van der Waals surface area contributed by atoms with Crippen molar-refractivity contribution in [3.63, 3.8) is 0 Å². The van der Waals surface area contributed by atoms with Crippen LogP contribution in [0.15, 0.2) is 70.6 Å². The van der Waals surface area contributed by atoms with Crippen molar-refractivity contribution in [2.75, 3.05) is 7.11 Å². The second-order valence-corrected chi connectivity index (χ2v) is 6.90. The van der Waals surface area contributed by atoms with Crippen molar-refractivity contribution in [1.29, 1.82) is 0 Å². The van der Waals surface area contributed by atoms with Gasteiger partial charge >= 0.3 is 0 Å². The summed E-state index contributed by atoms with van der Waals surface area (Å²) in [7, 11) is 1.54. The van der Waals surface area contributed by atoms with Gasteiger partial charge in [0, 0.05) is 0 Å². The molecule has 0 bridgehead atoms. The number of nitrogens with one attached hydrogen (secondary N) is 1. The molecule has 2 heterocycles. The van der Waals surface area contributed by atoms with Crippen LogP contribution in [0.25, 0.3) is 21.8 Å². The number of methoxy groups -OCH3 is 1. The molecular formula is C21H17N3O3S. The normalized spacial score (nSPS) is 10.6. The maximum Gasteiger partial charge on any atom is 0.255 e. The van der Waals surface area contributed by atoms with Crippen LogP contribution in [0, 0.1) is 0 Å². The molecular weight excluding hydrogens is 374 g/mol. The van der Waals surface area contributed by atoms with Crippen LogP contribution in [0.2, 0.25) is 0 Å². The van der Waals surface area contributed by atoms with Crippen LogP contribution in [0.5, 0.6) is 5.75 Å². The molecule has 2 aromatic heterocycles. The summed E-state index contributed by atoms with van der Waals surface area (Å²) in [6.07, 6.45) is 0. The van der Waals surface area contributed by atoms with E-state index in [1.807, 2.05) is 60.0 Å². The molecule has 0 spiro atoms. The number of thiophene rings is 1. The molecule has 1 N–H and O–H groups in total. The van der Waals surface area contributed by atoms with E-state index >= 15 is 0 Å². The maximum absolute atomic E-state index is 12.7. The number of ether oxygens (including phenoxy) is 1. The van der Waals surface area contributed by atoms with Crippen molar-refractivity contribution in [1.82, 2.24) is 15.5 Å². The van der Waals surface area contributed by atoms with Gasteiger partial charge in [0.25, 0.3) is 5.91 Å². The Balaban J connectivity index is 1.51. The molecule has 140 valence electrons. The van der Waals surface area contributed by atoms with Gasteiger partial charge in [-0.3, -0.25) is 4.79 Å². The Kier molecular flexibility index (Phi) is 5.16. The van der Waals surface area contributed by atoms with Gasteiger partial charge in [-0.05, 0) is 34.7 Å². The van der Waals surface area contributed by atoms with E-state index in [4.69, 9.17) is 9.26 Å². The van der Waals surface area contributed by atoms with Crippen molar-refractivity contribution in [2.45, 2.75) is 6.54 Å². The van der Waals surface area contributed by atoms with Crippen LogP contribution in [0.1, 0.15) is 16.2 Å². The molecule has 0 atom stereocenters. The SMILES string of the molecule is COc1ccc(-c2ccccc2)cc1C(=O)NCc1nc(-c2cccs2)no1. The molecule has 0 aliphatic heterocycles. The molecule has 4 aromatic rings. The van der Waals surface area contributed by atoms with E-state index in [1.165, 1.54) is 11.3 Å². The van der Waals surface area contributed by atoms with E-state index in [0.717, 1.165) is 16.0 Å². The molecule has 0 saturated heterocycles. The Labute approximate surface area is 165 Å². The molecule has 2 aromatic carbocycles. The van der Waals surface area contributed by atoms with E-state index in [2.05, 4.69) is 15.5 Å². The minimum absolute atomic E-state index is 0.135. The third kappa shape index (κ3) is 3.79. The fourth-order valence-corrected chi connectivity index (χ4v) is 3.43. The van der Waals surface area contributed by atoms with Crippen molar-refractivity contribution in [3.8, 4) is 27.6 Å². The van der Waals surface area contributed by atoms with Gasteiger partial charge in [0.05, 0.1) is 24.1 Å². The molecule has 0 aliphatic rings. The van der Waals surface area contributed by atoms with Crippen molar-refractivity contribution >= 4 is 17.2 Å². The largest absolute Gasteiger partial charge is 0.496 e. The van der Waals surface area contributed by atoms with E-state index in [1.54, 1.807) is 13.2 Å². The second kappa shape index (κ2) is 8.06. The van der Waals surface area contributed by atoms with Crippen LogP contribution in [-0.4, -0.2) is 23.2 Å². The zero-order chi connectivity index (χ0) is 19.3. The van der Waals surface area contributed by atoms with Gasteiger partial charge in [-0.1, -0.05) is 47.6 Å². The smallest absolute Gasteiger partial charge is 0.255 e. The van der Waals surface area contributed by atoms with Gasteiger partial charge in [0.15, 0.2) is 0 Å². The van der Waals surface area contributed by atoms with Gasteiger partial charge < -0.3 is 14.6 Å². The number of aromatic nitrogens is 2. The van der Waals surface area contributed by atoms with Gasteiger partial charge in [-0.25, -0.2) is 0 Å². The lowest BCUT2D eigenvalue weighted by Gasteiger charge is -2.11. The number of carbonyl (C=O) groups is 1. The Bertz CT molecular complexity index is 1080. The summed E-state index contributed by atoms with van der Waals surface area (Å²) in [5, 5.41) is 8.70. The van der Waals surface area contributed by atoms with E-state index in [0.29, 0.717) is 23.0 Å². The Hall–Kier alpha value is -3.45. The summed E-state index contributed by atoms with van der Waals surface area (Å²) >= 11 is 1.53. The zero-order valence-electron chi connectivity index (χ0n) is 15.1. The van der Waals surface area contributed by atoms with Crippen molar-refractivity contribution < 1.29 is 14.1 Å². The molecule has 0 fully saturated rings. The van der Waals surface area contributed by atoms with E-state index in [9.17, 15) is 4.79 Å². The van der Waals surface area contributed by atoms with Gasteiger partial charge in [0.2, 0.25) is 11.7 Å². The lowest BCUT2D eigenvalue weighted by molar-refractivity contribution is 0.0943. The number of rotatable bonds is 6. The van der Waals surface area contributed by atoms with Crippen LogP contribution in [0.3, 0.4) is 0 Å². The summed E-state index contributed by atoms with van der Waals surface area (Å²) in [6.45, 7) is 0.135. The first kappa shape index (κ1) is 17.9. The number of nitrogens with zero attached hydrogens (tertiary/aromatic N) is 2. The van der Waals surface area contributed by atoms with Crippen molar-refractivity contribution in [2.24, 2.45) is 0 Å². The standard InChI is InChI=1S/C21H17N3O3S/c1-26-17-10-9-15(14-6-3-2-4-7-14)12-16(17)21(25)22-13-19-23-20(24-27-19)18-8-5-11-28-18/h2-12H,13H2,1H3,(H,22,25). The third-order valence-corrected chi connectivity index (χ3v) is 5.03. The first-order chi connectivity index (χ1) is 13.7. The van der Waals surface area contributed by atoms with Crippen LogP contribution < -0.4 is 10.1 Å². The molecule has 0 unspecified atom stereocenters. The number of benzene rings is 2. The summed E-state index contributed by atoms with van der Waals surface area (Å²) in [4.78, 5) is 18.0. The topological polar surface area (TPSA) is 77.2 Å². The predicted molar refractivity (Wildman–Crippen MR) is 107 cm³/mol. The van der Waals surface area contributed by atoms with Gasteiger partial charge in [0.1, 0.15) is 5.75 Å². The van der Waals surface area contributed by atoms with Gasteiger partial charge in [-0.2, -0.15) is 4.98 Å². The Morgan fingerprint density at radius 2 is 1.96 bits per heavy atom.